The molecule has 2 N–H and O–H groups in total. The van der Waals surface area contributed by atoms with Gasteiger partial charge in [0.2, 0.25) is 0 Å². The van der Waals surface area contributed by atoms with E-state index in [4.69, 9.17) is 14.9 Å². The van der Waals surface area contributed by atoms with Crippen molar-refractivity contribution in [1.29, 1.82) is 0 Å². The molecule has 0 aromatic heterocycles. The third-order valence-electron chi connectivity index (χ3n) is 7.79. The highest BCUT2D eigenvalue weighted by molar-refractivity contribution is 6.01. The molecule has 224 valence electrons. The van der Waals surface area contributed by atoms with E-state index in [2.05, 4.69) is 19.9 Å². The Morgan fingerprint density at radius 3 is 2.33 bits per heavy atom. The van der Waals surface area contributed by atoms with Gasteiger partial charge in [0.15, 0.2) is 6.23 Å². The minimum atomic E-state index is -1.06. The van der Waals surface area contributed by atoms with Crippen LogP contribution in [0, 0.1) is 17.6 Å². The summed E-state index contributed by atoms with van der Waals surface area (Å²) in [6.45, 7) is 5.97. The van der Waals surface area contributed by atoms with Gasteiger partial charge in [0.05, 0.1) is 11.7 Å². The number of hydrogen-bond donors (Lipinski definition) is 2. The molecular formula is C33H39F2N3O4. The second kappa shape index (κ2) is 13.9. The van der Waals surface area contributed by atoms with Crippen LogP contribution in [-0.2, 0) is 9.63 Å². The molecule has 0 saturated heterocycles. The zero-order valence-electron chi connectivity index (χ0n) is 24.5. The number of carboxylic acids is 1. The average Bonchev–Trinajstić information content (AvgIpc) is 3.34. The predicted molar refractivity (Wildman–Crippen MR) is 160 cm³/mol. The van der Waals surface area contributed by atoms with Gasteiger partial charge in [-0.1, -0.05) is 38.1 Å². The Morgan fingerprint density at radius 2 is 1.74 bits per heavy atom. The third kappa shape index (κ3) is 7.14. The number of hydrogen-bond acceptors (Lipinski definition) is 6. The second-order valence-corrected chi connectivity index (χ2v) is 10.7. The van der Waals surface area contributed by atoms with Crippen molar-refractivity contribution in [3.8, 4) is 0 Å². The first-order chi connectivity index (χ1) is 20.1. The van der Waals surface area contributed by atoms with Gasteiger partial charge in [-0.15, -0.1) is 5.06 Å². The number of aliphatic carboxylic acids is 1. The number of carboxylic acid groups (broad SMARTS) is 1. The summed E-state index contributed by atoms with van der Waals surface area (Å²) in [7, 11) is 1.88. The number of aliphatic imine (C=N–C) groups is 1. The van der Waals surface area contributed by atoms with E-state index in [1.54, 1.807) is 34.2 Å². The fraction of sp³-hybridized carbons (Fsp3) is 0.394. The van der Waals surface area contributed by atoms with Gasteiger partial charge in [-0.3, -0.25) is 9.69 Å². The molecule has 0 saturated carbocycles. The van der Waals surface area contributed by atoms with Gasteiger partial charge in [-0.2, -0.15) is 0 Å². The molecule has 4 rings (SSSR count). The van der Waals surface area contributed by atoms with Crippen LogP contribution in [0.5, 0.6) is 0 Å². The molecule has 2 aromatic carbocycles. The van der Waals surface area contributed by atoms with Crippen molar-refractivity contribution in [2.45, 2.75) is 71.1 Å². The molecule has 9 heteroatoms. The van der Waals surface area contributed by atoms with Gasteiger partial charge in [0.1, 0.15) is 23.2 Å². The molecule has 42 heavy (non-hydrogen) atoms. The minimum absolute atomic E-state index is 0.0137. The summed E-state index contributed by atoms with van der Waals surface area (Å²) in [5, 5.41) is 22.4. The first-order valence-corrected chi connectivity index (χ1v) is 14.4. The molecule has 7 nitrogen and oxygen atoms in total. The first kappa shape index (κ1) is 31.1. The largest absolute Gasteiger partial charge is 0.481 e. The Morgan fingerprint density at radius 1 is 1.10 bits per heavy atom. The van der Waals surface area contributed by atoms with Crippen molar-refractivity contribution in [3.05, 3.63) is 101 Å². The molecule has 3 unspecified atom stereocenters. The van der Waals surface area contributed by atoms with E-state index in [1.165, 1.54) is 24.3 Å². The van der Waals surface area contributed by atoms with Crippen LogP contribution in [0.15, 0.2) is 88.8 Å². The van der Waals surface area contributed by atoms with E-state index in [9.17, 15) is 18.7 Å². The van der Waals surface area contributed by atoms with Crippen LogP contribution in [-0.4, -0.2) is 46.4 Å². The van der Waals surface area contributed by atoms with Crippen molar-refractivity contribution in [3.63, 3.8) is 0 Å². The summed E-state index contributed by atoms with van der Waals surface area (Å²) in [4.78, 5) is 23.8. The van der Waals surface area contributed by atoms with Crippen LogP contribution >= 0.6 is 0 Å². The molecule has 2 aromatic rings. The zero-order chi connectivity index (χ0) is 30.4. The molecule has 0 amide bonds. The lowest BCUT2D eigenvalue weighted by Gasteiger charge is -2.37. The predicted octanol–water partition coefficient (Wildman–Crippen LogP) is 6.94. The summed E-state index contributed by atoms with van der Waals surface area (Å²) < 4.78 is 27.2. The van der Waals surface area contributed by atoms with E-state index < -0.39 is 12.2 Å². The van der Waals surface area contributed by atoms with Gasteiger partial charge in [0.25, 0.3) is 0 Å². The molecule has 0 spiro atoms. The lowest BCUT2D eigenvalue weighted by Crippen LogP contribution is -2.45. The number of benzene rings is 2. The lowest BCUT2D eigenvalue weighted by atomic mass is 9.91. The fourth-order valence-electron chi connectivity index (χ4n) is 5.57. The maximum atomic E-state index is 13.7. The number of rotatable bonds is 11. The molecule has 2 aliphatic rings. The Hall–Kier alpha value is -3.82. The zero-order valence-corrected chi connectivity index (χ0v) is 24.5. The third-order valence-corrected chi connectivity index (χ3v) is 7.79. The molecule has 0 aliphatic carbocycles. The van der Waals surface area contributed by atoms with Gasteiger partial charge >= 0.3 is 5.97 Å². The molecule has 0 radical (unpaired) electrons. The van der Waals surface area contributed by atoms with E-state index in [1.807, 2.05) is 26.1 Å². The fourth-order valence-corrected chi connectivity index (χ4v) is 5.57. The van der Waals surface area contributed by atoms with Gasteiger partial charge in [-0.25, -0.2) is 13.8 Å². The van der Waals surface area contributed by atoms with Gasteiger partial charge in [-0.05, 0) is 80.1 Å². The molecule has 0 bridgehead atoms. The number of halogens is 2. The normalized spacial score (nSPS) is 22.6. The number of aliphatic hydroxyl groups excluding tert-OH is 1. The van der Waals surface area contributed by atoms with E-state index in [-0.39, 0.29) is 35.9 Å². The smallest absolute Gasteiger partial charge is 0.303 e. The Balaban J connectivity index is 1.65. The molecule has 2 aliphatic heterocycles. The lowest BCUT2D eigenvalue weighted by molar-refractivity contribution is -0.137. The van der Waals surface area contributed by atoms with E-state index >= 15 is 0 Å². The van der Waals surface area contributed by atoms with Gasteiger partial charge < -0.3 is 15.1 Å². The number of unbranched alkanes of at least 4 members (excludes halogenated alkanes) is 1. The maximum Gasteiger partial charge on any atom is 0.303 e. The number of anilines is 1. The average molecular weight is 580 g/mol. The highest BCUT2D eigenvalue weighted by Crippen LogP contribution is 2.37. The first-order valence-electron chi connectivity index (χ1n) is 14.4. The monoisotopic (exact) mass is 579 g/mol. The Labute approximate surface area is 246 Å². The summed E-state index contributed by atoms with van der Waals surface area (Å²) in [6.07, 6.45) is 7.18. The van der Waals surface area contributed by atoms with Crippen LogP contribution in [0.25, 0.3) is 0 Å². The van der Waals surface area contributed by atoms with Crippen LogP contribution in [0.2, 0.25) is 0 Å². The highest BCUT2D eigenvalue weighted by Gasteiger charge is 2.35. The second-order valence-electron chi connectivity index (χ2n) is 10.7. The maximum absolute atomic E-state index is 13.7. The number of allylic oxidation sites excluding steroid dienone is 2. The van der Waals surface area contributed by atoms with Crippen LogP contribution in [0.1, 0.15) is 64.4 Å². The Kier molecular flexibility index (Phi) is 10.3. The van der Waals surface area contributed by atoms with Crippen molar-refractivity contribution >= 4 is 17.5 Å². The van der Waals surface area contributed by atoms with Crippen LogP contribution in [0.4, 0.5) is 14.5 Å². The molecule has 0 fully saturated rings. The Bertz CT molecular complexity index is 1370. The molecule has 2 heterocycles. The number of carbonyl (C=O) groups is 1. The van der Waals surface area contributed by atoms with Crippen molar-refractivity contribution in [2.24, 2.45) is 10.9 Å². The SMILES string of the molecule is C/C=C1\C(=C/C(C)C2C=C(C(CC)c3ccc(F)cc3)ON2C)N=C(CCCCC(=O)O)N(c2ccc(F)cc2)[C@H]1O. The summed E-state index contributed by atoms with van der Waals surface area (Å²) in [6, 6.07) is 12.2. The standard InChI is InChI=1S/C33H39F2N3O4/c1-5-26(22-11-13-23(34)14-12-22)30-20-29(37(4)42-30)21(3)19-28-27(6-2)33(41)38(25-17-15-24(35)16-18-25)31(36-28)9-7-8-10-32(39)40/h6,11-21,26,29,33,41H,5,7-10H2,1-4H3,(H,39,40)/b27-6+,28-19+/t21?,26?,29?,33-/m0/s1. The van der Waals surface area contributed by atoms with E-state index in [0.29, 0.717) is 42.1 Å². The van der Waals surface area contributed by atoms with Gasteiger partial charge in [0, 0.05) is 37.1 Å². The highest BCUT2D eigenvalue weighted by atomic mass is 19.1. The van der Waals surface area contributed by atoms with Crippen molar-refractivity contribution in [1.82, 2.24) is 5.06 Å². The number of likely N-dealkylation sites (N-methyl/N-ethyl adjacent to an activating group) is 1. The summed E-state index contributed by atoms with van der Waals surface area (Å²) in [5.41, 5.74) is 2.82. The minimum Gasteiger partial charge on any atom is -0.481 e. The van der Waals surface area contributed by atoms with Crippen LogP contribution in [0.3, 0.4) is 0 Å². The summed E-state index contributed by atoms with van der Waals surface area (Å²) >= 11 is 0. The number of aliphatic hydroxyl groups is 1. The topological polar surface area (TPSA) is 85.6 Å². The quantitative estimate of drug-likeness (QED) is 0.281. The van der Waals surface area contributed by atoms with Crippen molar-refractivity contribution in [2.75, 3.05) is 11.9 Å². The van der Waals surface area contributed by atoms with Crippen LogP contribution < -0.4 is 4.90 Å². The van der Waals surface area contributed by atoms with Crippen molar-refractivity contribution < 1.29 is 28.6 Å². The number of amidine groups is 1. The number of hydroxylamine groups is 2. The summed E-state index contributed by atoms with van der Waals surface area (Å²) in [5.74, 6) is -0.211. The van der Waals surface area contributed by atoms with E-state index in [0.717, 1.165) is 17.7 Å². The molecule has 4 atom stereocenters. The number of nitrogens with zero attached hydrogens (tertiary/aromatic N) is 3. The molecular weight excluding hydrogens is 540 g/mol.